The predicted octanol–water partition coefficient (Wildman–Crippen LogP) is 4.27. The Kier molecular flexibility index (Phi) is 8.61. The van der Waals surface area contributed by atoms with Gasteiger partial charge in [-0.1, -0.05) is 39.2 Å². The van der Waals surface area contributed by atoms with Gasteiger partial charge in [-0.15, -0.1) is 0 Å². The van der Waals surface area contributed by atoms with E-state index in [-0.39, 0.29) is 5.78 Å². The van der Waals surface area contributed by atoms with E-state index in [4.69, 9.17) is 0 Å². The molecule has 1 heteroatoms. The van der Waals surface area contributed by atoms with E-state index in [1.165, 1.54) is 25.7 Å². The van der Waals surface area contributed by atoms with E-state index in [0.29, 0.717) is 0 Å². The molecule has 0 spiro atoms. The number of hydrogen-bond donors (Lipinski definition) is 0. The smallest absolute Gasteiger partial charge is 0.155 e. The minimum atomic E-state index is 0.259. The molecule has 0 heterocycles. The van der Waals surface area contributed by atoms with Crippen LogP contribution in [0.1, 0.15) is 65.7 Å². The van der Waals surface area contributed by atoms with Crippen molar-refractivity contribution < 1.29 is 4.79 Å². The number of Topliss-reactive ketones (excluding diaryl/α,β-unsaturated/α-hetero) is 1. The molecule has 0 saturated heterocycles. The molecule has 0 unspecified atom stereocenters. The first kappa shape index (κ1) is 13.4. The average Bonchev–Trinajstić information content (AvgIpc) is 2.16. The summed E-state index contributed by atoms with van der Waals surface area (Å²) in [5.74, 6) is 0.259. The second-order valence-corrected chi connectivity index (χ2v) is 3.88. The topological polar surface area (TPSA) is 17.1 Å². The number of rotatable bonds is 8. The molecule has 0 aliphatic carbocycles. The van der Waals surface area contributed by atoms with Crippen LogP contribution in [0.25, 0.3) is 0 Å². The Bertz CT molecular complexity index is 180. The van der Waals surface area contributed by atoms with Crippen molar-refractivity contribution in [2.45, 2.75) is 65.7 Å². The lowest BCUT2D eigenvalue weighted by molar-refractivity contribution is -0.113. The second-order valence-electron chi connectivity index (χ2n) is 3.88. The maximum Gasteiger partial charge on any atom is 0.155 e. The minimum absolute atomic E-state index is 0.259. The van der Waals surface area contributed by atoms with Gasteiger partial charge in [-0.05, 0) is 38.2 Å². The van der Waals surface area contributed by atoms with Crippen molar-refractivity contribution in [1.82, 2.24) is 0 Å². The highest BCUT2D eigenvalue weighted by molar-refractivity contribution is 5.93. The molecule has 0 fully saturated rings. The monoisotopic (exact) mass is 196 g/mol. The zero-order valence-corrected chi connectivity index (χ0v) is 9.94. The summed E-state index contributed by atoms with van der Waals surface area (Å²) in [5, 5.41) is 0. The lowest BCUT2D eigenvalue weighted by Crippen LogP contribution is -1.96. The van der Waals surface area contributed by atoms with Gasteiger partial charge in [0, 0.05) is 0 Å². The zero-order valence-electron chi connectivity index (χ0n) is 9.94. The number of carbonyl (C=O) groups is 1. The number of hydrogen-bond acceptors (Lipinski definition) is 1. The van der Waals surface area contributed by atoms with E-state index in [2.05, 4.69) is 19.9 Å². The number of ketones is 1. The fourth-order valence-corrected chi connectivity index (χ4v) is 1.46. The molecular formula is C13H24O. The lowest BCUT2D eigenvalue weighted by atomic mass is 10.0. The van der Waals surface area contributed by atoms with Gasteiger partial charge in [-0.3, -0.25) is 4.79 Å². The Labute approximate surface area is 88.6 Å². The van der Waals surface area contributed by atoms with Crippen molar-refractivity contribution in [3.8, 4) is 0 Å². The molecule has 0 aliphatic heterocycles. The first-order valence-electron chi connectivity index (χ1n) is 5.92. The maximum atomic E-state index is 11.2. The van der Waals surface area contributed by atoms with Crippen LogP contribution in [-0.4, -0.2) is 5.78 Å². The molecule has 82 valence electrons. The highest BCUT2D eigenvalue weighted by Gasteiger charge is 2.01. The minimum Gasteiger partial charge on any atom is -0.295 e. The van der Waals surface area contributed by atoms with E-state index < -0.39 is 0 Å². The third-order valence-electron chi connectivity index (χ3n) is 2.45. The average molecular weight is 196 g/mol. The molecule has 0 amide bonds. The molecule has 0 aromatic rings. The summed E-state index contributed by atoms with van der Waals surface area (Å²) < 4.78 is 0. The molecule has 0 aromatic heterocycles. The van der Waals surface area contributed by atoms with Crippen LogP contribution in [0, 0.1) is 0 Å². The van der Waals surface area contributed by atoms with Gasteiger partial charge in [0.1, 0.15) is 0 Å². The van der Waals surface area contributed by atoms with Crippen molar-refractivity contribution >= 4 is 5.78 Å². The summed E-state index contributed by atoms with van der Waals surface area (Å²) in [6, 6.07) is 0. The molecule has 1 nitrogen and oxygen atoms in total. The van der Waals surface area contributed by atoms with E-state index in [0.717, 1.165) is 24.8 Å². The Balaban J connectivity index is 3.86. The van der Waals surface area contributed by atoms with E-state index in [1.54, 1.807) is 6.92 Å². The Morgan fingerprint density at radius 2 is 1.71 bits per heavy atom. The van der Waals surface area contributed by atoms with Crippen LogP contribution < -0.4 is 0 Å². The maximum absolute atomic E-state index is 11.2. The van der Waals surface area contributed by atoms with Gasteiger partial charge in [0.05, 0.1) is 0 Å². The molecule has 0 aliphatic rings. The van der Waals surface area contributed by atoms with E-state index >= 15 is 0 Å². The van der Waals surface area contributed by atoms with Crippen LogP contribution in [0.2, 0.25) is 0 Å². The van der Waals surface area contributed by atoms with Crippen molar-refractivity contribution in [1.29, 1.82) is 0 Å². The van der Waals surface area contributed by atoms with Crippen LogP contribution >= 0.6 is 0 Å². The summed E-state index contributed by atoms with van der Waals surface area (Å²) >= 11 is 0. The van der Waals surface area contributed by atoms with Gasteiger partial charge in [0.2, 0.25) is 0 Å². The van der Waals surface area contributed by atoms with Gasteiger partial charge in [0.15, 0.2) is 5.78 Å². The number of allylic oxidation sites excluding steroid dienone is 2. The molecule has 14 heavy (non-hydrogen) atoms. The largest absolute Gasteiger partial charge is 0.295 e. The summed E-state index contributed by atoms with van der Waals surface area (Å²) in [6.07, 6.45) is 10.2. The highest BCUT2D eigenvalue weighted by atomic mass is 16.1. The van der Waals surface area contributed by atoms with Crippen molar-refractivity contribution in [3.63, 3.8) is 0 Å². The number of unbranched alkanes of at least 4 members (excludes halogenated alkanes) is 4. The van der Waals surface area contributed by atoms with Crippen LogP contribution in [0.4, 0.5) is 0 Å². The van der Waals surface area contributed by atoms with Crippen molar-refractivity contribution in [3.05, 3.63) is 11.6 Å². The first-order chi connectivity index (χ1) is 6.72. The molecule has 0 bridgehead atoms. The van der Waals surface area contributed by atoms with Gasteiger partial charge < -0.3 is 0 Å². The van der Waals surface area contributed by atoms with Crippen LogP contribution in [0.5, 0.6) is 0 Å². The summed E-state index contributed by atoms with van der Waals surface area (Å²) in [6.45, 7) is 6.04. The van der Waals surface area contributed by atoms with E-state index in [1.807, 2.05) is 0 Å². The van der Waals surface area contributed by atoms with Crippen LogP contribution in [-0.2, 0) is 4.79 Å². The Hall–Kier alpha value is -0.590. The number of carbonyl (C=O) groups excluding carboxylic acids is 1. The van der Waals surface area contributed by atoms with Gasteiger partial charge in [0.25, 0.3) is 0 Å². The first-order valence-corrected chi connectivity index (χ1v) is 5.92. The third kappa shape index (κ3) is 6.88. The fourth-order valence-electron chi connectivity index (χ4n) is 1.46. The Morgan fingerprint density at radius 3 is 2.21 bits per heavy atom. The van der Waals surface area contributed by atoms with E-state index in [9.17, 15) is 4.79 Å². The third-order valence-corrected chi connectivity index (χ3v) is 2.45. The highest BCUT2D eigenvalue weighted by Crippen LogP contribution is 2.11. The summed E-state index contributed by atoms with van der Waals surface area (Å²) in [7, 11) is 0. The molecular weight excluding hydrogens is 172 g/mol. The molecule has 0 radical (unpaired) electrons. The fraction of sp³-hybridized carbons (Fsp3) is 0.769. The SMILES string of the molecule is CCCCC/C=C(/CCCC)C(C)=O. The van der Waals surface area contributed by atoms with Gasteiger partial charge >= 0.3 is 0 Å². The van der Waals surface area contributed by atoms with Crippen LogP contribution in [0.3, 0.4) is 0 Å². The predicted molar refractivity (Wildman–Crippen MR) is 62.4 cm³/mol. The Morgan fingerprint density at radius 1 is 1.07 bits per heavy atom. The molecule has 0 aromatic carbocycles. The standard InChI is InChI=1S/C13H24O/c1-4-6-8-9-11-13(12(3)14)10-7-5-2/h11H,4-10H2,1-3H3/b13-11-. The van der Waals surface area contributed by atoms with Crippen molar-refractivity contribution in [2.75, 3.05) is 0 Å². The normalized spacial score (nSPS) is 11.8. The van der Waals surface area contributed by atoms with Gasteiger partial charge in [-0.2, -0.15) is 0 Å². The summed E-state index contributed by atoms with van der Waals surface area (Å²) in [5.41, 5.74) is 1.04. The van der Waals surface area contributed by atoms with Gasteiger partial charge in [-0.25, -0.2) is 0 Å². The lowest BCUT2D eigenvalue weighted by Gasteiger charge is -2.02. The van der Waals surface area contributed by atoms with Crippen molar-refractivity contribution in [2.24, 2.45) is 0 Å². The zero-order chi connectivity index (χ0) is 10.8. The van der Waals surface area contributed by atoms with Crippen LogP contribution in [0.15, 0.2) is 11.6 Å². The second kappa shape index (κ2) is 8.98. The quantitative estimate of drug-likeness (QED) is 0.418. The molecule has 0 saturated carbocycles. The molecule has 0 atom stereocenters. The molecule has 0 rings (SSSR count). The molecule has 0 N–H and O–H groups in total. The summed E-state index contributed by atoms with van der Waals surface area (Å²) in [4.78, 5) is 11.2.